The molecule has 3 heterocycles. The second kappa shape index (κ2) is 9.23. The second-order valence-electron chi connectivity index (χ2n) is 9.12. The van der Waals surface area contributed by atoms with Crippen LogP contribution in [0.4, 0.5) is 10.6 Å². The molecule has 1 aliphatic heterocycles. The lowest BCUT2D eigenvalue weighted by atomic mass is 10.1. The van der Waals surface area contributed by atoms with Crippen LogP contribution in [-0.4, -0.2) is 67.4 Å². The first-order valence-electron chi connectivity index (χ1n) is 11.1. The molecule has 3 aromatic rings. The highest BCUT2D eigenvalue weighted by Crippen LogP contribution is 2.34. The van der Waals surface area contributed by atoms with Gasteiger partial charge in [0, 0.05) is 31.7 Å². The minimum Gasteiger partial charge on any atom is -0.416 e. The Bertz CT molecular complexity index is 1240. The van der Waals surface area contributed by atoms with Crippen molar-refractivity contribution in [2.45, 2.75) is 39.8 Å². The molecule has 1 aliphatic rings. The molecule has 0 spiro atoms. The Morgan fingerprint density at radius 3 is 2.47 bits per heavy atom. The molecule has 4 rings (SSSR count). The number of rotatable bonds is 5. The molecule has 9 nitrogen and oxygen atoms in total. The minimum absolute atomic E-state index is 0.278. The summed E-state index contributed by atoms with van der Waals surface area (Å²) in [5.74, 6) is 2.27. The summed E-state index contributed by atoms with van der Waals surface area (Å²) in [6, 6.07) is 7.47. The molecular weight excluding hydrogens is 456 g/mol. The number of aliphatic hydroxyl groups is 1. The van der Waals surface area contributed by atoms with Crippen LogP contribution in [0.2, 0.25) is 5.02 Å². The lowest BCUT2D eigenvalue weighted by Gasteiger charge is -2.34. The Kier molecular flexibility index (Phi) is 6.51. The van der Waals surface area contributed by atoms with Gasteiger partial charge in [0.15, 0.2) is 17.0 Å². The van der Waals surface area contributed by atoms with E-state index in [-0.39, 0.29) is 6.54 Å². The van der Waals surface area contributed by atoms with Gasteiger partial charge in [0.25, 0.3) is 0 Å². The zero-order valence-electron chi connectivity index (χ0n) is 19.9. The van der Waals surface area contributed by atoms with Gasteiger partial charge in [-0.05, 0) is 39.8 Å². The Morgan fingerprint density at radius 2 is 1.85 bits per heavy atom. The van der Waals surface area contributed by atoms with Gasteiger partial charge in [-0.15, -0.1) is 0 Å². The van der Waals surface area contributed by atoms with E-state index in [1.807, 2.05) is 35.8 Å². The van der Waals surface area contributed by atoms with E-state index in [1.54, 1.807) is 25.7 Å². The number of piperazine rings is 1. The maximum atomic E-state index is 12.2. The van der Waals surface area contributed by atoms with Gasteiger partial charge in [0.1, 0.15) is 11.6 Å². The Balaban J connectivity index is 1.76. The number of hydrogen-bond donors (Lipinski definition) is 1. The summed E-state index contributed by atoms with van der Waals surface area (Å²) in [5.41, 5.74) is 1.01. The maximum Gasteiger partial charge on any atom is 0.414 e. The SMILES string of the molecule is C=C(C)OC(=O)N1CCN(c2nc(C)nc3c2nc(-c2ccccc2Cl)n3CC(C)(C)O)CC1. The van der Waals surface area contributed by atoms with E-state index in [9.17, 15) is 9.90 Å². The maximum absolute atomic E-state index is 12.2. The number of anilines is 1. The fraction of sp³-hybridized carbons (Fsp3) is 0.417. The lowest BCUT2D eigenvalue weighted by Crippen LogP contribution is -2.49. The van der Waals surface area contributed by atoms with Crippen LogP contribution >= 0.6 is 11.6 Å². The van der Waals surface area contributed by atoms with Crippen LogP contribution in [0.1, 0.15) is 26.6 Å². The van der Waals surface area contributed by atoms with E-state index in [0.29, 0.717) is 65.6 Å². The van der Waals surface area contributed by atoms with Gasteiger partial charge in [-0.25, -0.2) is 19.7 Å². The van der Waals surface area contributed by atoms with E-state index in [0.717, 1.165) is 5.56 Å². The molecule has 2 aromatic heterocycles. The summed E-state index contributed by atoms with van der Waals surface area (Å²) in [6.07, 6.45) is -0.397. The van der Waals surface area contributed by atoms with Crippen LogP contribution in [0, 0.1) is 6.92 Å². The van der Waals surface area contributed by atoms with Crippen molar-refractivity contribution in [2.75, 3.05) is 31.1 Å². The van der Waals surface area contributed by atoms with Crippen molar-refractivity contribution in [1.82, 2.24) is 24.4 Å². The number of imidazole rings is 1. The van der Waals surface area contributed by atoms with Crippen LogP contribution in [0.15, 0.2) is 36.6 Å². The number of hydrogen-bond acceptors (Lipinski definition) is 7. The molecule has 0 atom stereocenters. The van der Waals surface area contributed by atoms with Crippen molar-refractivity contribution < 1.29 is 14.6 Å². The number of aromatic nitrogens is 4. The van der Waals surface area contributed by atoms with Crippen LogP contribution in [0.25, 0.3) is 22.6 Å². The lowest BCUT2D eigenvalue weighted by molar-refractivity contribution is 0.0629. The monoisotopic (exact) mass is 484 g/mol. The molecular formula is C24H29ClN6O3. The van der Waals surface area contributed by atoms with Crippen LogP contribution in [0.3, 0.4) is 0 Å². The fourth-order valence-corrected chi connectivity index (χ4v) is 4.23. The summed E-state index contributed by atoms with van der Waals surface area (Å²) in [7, 11) is 0. The summed E-state index contributed by atoms with van der Waals surface area (Å²) in [6.45, 7) is 13.0. The molecule has 1 amide bonds. The summed E-state index contributed by atoms with van der Waals surface area (Å²) >= 11 is 6.51. The molecule has 0 bridgehead atoms. The van der Waals surface area contributed by atoms with E-state index in [1.165, 1.54) is 0 Å². The molecule has 0 saturated carbocycles. The number of carbonyl (C=O) groups excluding carboxylic acids is 1. The molecule has 10 heteroatoms. The average Bonchev–Trinajstić information content (AvgIpc) is 3.09. The summed E-state index contributed by atoms with van der Waals surface area (Å²) < 4.78 is 7.04. The number of aryl methyl sites for hydroxylation is 1. The number of carbonyl (C=O) groups is 1. The molecule has 180 valence electrons. The predicted octanol–water partition coefficient (Wildman–Crippen LogP) is 4.02. The largest absolute Gasteiger partial charge is 0.416 e. The van der Waals surface area contributed by atoms with Crippen molar-refractivity contribution in [1.29, 1.82) is 0 Å². The summed E-state index contributed by atoms with van der Waals surface area (Å²) in [5, 5.41) is 11.2. The quantitative estimate of drug-likeness (QED) is 0.546. The van der Waals surface area contributed by atoms with Gasteiger partial charge >= 0.3 is 6.09 Å². The normalized spacial score (nSPS) is 14.5. The van der Waals surface area contributed by atoms with Gasteiger partial charge in [-0.3, -0.25) is 0 Å². The fourth-order valence-electron chi connectivity index (χ4n) is 4.01. The van der Waals surface area contributed by atoms with Crippen LogP contribution in [0.5, 0.6) is 0 Å². The number of benzene rings is 1. The Morgan fingerprint density at radius 1 is 1.18 bits per heavy atom. The van der Waals surface area contributed by atoms with Crippen LogP contribution < -0.4 is 4.90 Å². The number of amides is 1. The third-order valence-corrected chi connectivity index (χ3v) is 5.78. The topological polar surface area (TPSA) is 96.6 Å². The molecule has 1 saturated heterocycles. The average molecular weight is 485 g/mol. The van der Waals surface area contributed by atoms with E-state index in [2.05, 4.69) is 16.5 Å². The number of allylic oxidation sites excluding steroid dienone is 1. The zero-order chi connectivity index (χ0) is 24.6. The van der Waals surface area contributed by atoms with E-state index < -0.39 is 11.7 Å². The number of halogens is 1. The Labute approximate surface area is 203 Å². The first-order valence-corrected chi connectivity index (χ1v) is 11.5. The molecule has 0 radical (unpaired) electrons. The molecule has 0 unspecified atom stereocenters. The van der Waals surface area contributed by atoms with Gasteiger partial charge in [-0.2, -0.15) is 0 Å². The van der Waals surface area contributed by atoms with Crippen molar-refractivity contribution in [3.63, 3.8) is 0 Å². The van der Waals surface area contributed by atoms with Crippen LogP contribution in [-0.2, 0) is 11.3 Å². The van der Waals surface area contributed by atoms with Gasteiger partial charge in [0.05, 0.1) is 22.9 Å². The highest BCUT2D eigenvalue weighted by atomic mass is 35.5. The standard InChI is InChI=1S/C24H29ClN6O3/c1-15(2)34-23(32)30-12-10-29(11-13-30)21-19-22(27-16(3)26-21)31(14-24(4,5)33)20(28-19)17-8-6-7-9-18(17)25/h6-9,33H,1,10-14H2,2-5H3. The third-order valence-electron chi connectivity index (χ3n) is 5.45. The zero-order valence-corrected chi connectivity index (χ0v) is 20.6. The number of nitrogens with zero attached hydrogens (tertiary/aromatic N) is 6. The molecule has 1 N–H and O–H groups in total. The molecule has 1 fully saturated rings. The number of fused-ring (bicyclic) bond motifs is 1. The molecule has 34 heavy (non-hydrogen) atoms. The molecule has 0 aliphatic carbocycles. The van der Waals surface area contributed by atoms with Gasteiger partial charge in [-0.1, -0.05) is 30.3 Å². The third kappa shape index (κ3) is 5.00. The van der Waals surface area contributed by atoms with Gasteiger partial charge in [0.2, 0.25) is 0 Å². The van der Waals surface area contributed by atoms with Crippen molar-refractivity contribution >= 4 is 34.7 Å². The van der Waals surface area contributed by atoms with Gasteiger partial charge < -0.3 is 24.2 Å². The smallest absolute Gasteiger partial charge is 0.414 e. The second-order valence-corrected chi connectivity index (χ2v) is 9.53. The minimum atomic E-state index is -1.00. The number of ether oxygens (including phenoxy) is 1. The van der Waals surface area contributed by atoms with E-state index >= 15 is 0 Å². The highest BCUT2D eigenvalue weighted by Gasteiger charge is 2.28. The summed E-state index contributed by atoms with van der Waals surface area (Å²) in [4.78, 5) is 30.3. The predicted molar refractivity (Wildman–Crippen MR) is 132 cm³/mol. The first kappa shape index (κ1) is 24.0. The van der Waals surface area contributed by atoms with Crippen molar-refractivity contribution in [3.8, 4) is 11.4 Å². The van der Waals surface area contributed by atoms with E-state index in [4.69, 9.17) is 26.3 Å². The molecule has 1 aromatic carbocycles. The Hall–Kier alpha value is -3.17. The van der Waals surface area contributed by atoms with Crippen molar-refractivity contribution in [3.05, 3.63) is 47.5 Å². The first-order chi connectivity index (χ1) is 16.0. The van der Waals surface area contributed by atoms with Crippen molar-refractivity contribution in [2.24, 2.45) is 0 Å². The highest BCUT2D eigenvalue weighted by molar-refractivity contribution is 6.33.